The third-order valence-corrected chi connectivity index (χ3v) is 4.92. The Morgan fingerprint density at radius 3 is 3.15 bits per heavy atom. The lowest BCUT2D eigenvalue weighted by Gasteiger charge is -2.34. The number of anilines is 1. The summed E-state index contributed by atoms with van der Waals surface area (Å²) in [5.74, 6) is -0.0794. The molecule has 1 amide bonds. The van der Waals surface area contributed by atoms with E-state index in [1.54, 1.807) is 11.1 Å². The molecule has 1 saturated heterocycles. The van der Waals surface area contributed by atoms with Crippen LogP contribution in [-0.2, 0) is 0 Å². The highest BCUT2D eigenvalue weighted by Gasteiger charge is 2.29. The van der Waals surface area contributed by atoms with Gasteiger partial charge >= 0.3 is 0 Å². The molecule has 1 aliphatic heterocycles. The molecule has 0 aromatic carbocycles. The molecule has 0 radical (unpaired) electrons. The Hall–Kier alpha value is -1.66. The summed E-state index contributed by atoms with van der Waals surface area (Å²) in [4.78, 5) is 20.0. The summed E-state index contributed by atoms with van der Waals surface area (Å²) in [5.41, 5.74) is 6.60. The summed E-state index contributed by atoms with van der Waals surface area (Å²) in [6.45, 7) is 0.694. The number of likely N-dealkylation sites (tertiary alicyclic amines) is 1. The van der Waals surface area contributed by atoms with Crippen LogP contribution >= 0.6 is 11.3 Å². The van der Waals surface area contributed by atoms with E-state index in [2.05, 4.69) is 4.98 Å². The number of nitrogens with two attached hydrogens (primary N) is 1. The zero-order valence-corrected chi connectivity index (χ0v) is 11.9. The van der Waals surface area contributed by atoms with Crippen LogP contribution < -0.4 is 5.73 Å². The molecule has 0 spiro atoms. The van der Waals surface area contributed by atoms with Gasteiger partial charge in [0.2, 0.25) is 0 Å². The van der Waals surface area contributed by atoms with E-state index in [9.17, 15) is 9.90 Å². The van der Waals surface area contributed by atoms with Crippen LogP contribution in [0.4, 0.5) is 5.69 Å². The molecule has 1 fully saturated rings. The van der Waals surface area contributed by atoms with Crippen LogP contribution in [0, 0.1) is 0 Å². The highest BCUT2D eigenvalue weighted by atomic mass is 32.1. The lowest BCUT2D eigenvalue weighted by molar-refractivity contribution is 0.0509. The number of carbonyl (C=O) groups is 1. The first kappa shape index (κ1) is 13.3. The van der Waals surface area contributed by atoms with Crippen LogP contribution in [0.5, 0.6) is 0 Å². The maximum Gasteiger partial charge on any atom is 0.266 e. The van der Waals surface area contributed by atoms with Gasteiger partial charge in [-0.05, 0) is 31.4 Å². The van der Waals surface area contributed by atoms with Crippen molar-refractivity contribution in [2.24, 2.45) is 0 Å². The molecular weight excluding hydrogens is 274 g/mol. The van der Waals surface area contributed by atoms with Gasteiger partial charge in [0.1, 0.15) is 9.71 Å². The Bertz CT molecular complexity index is 640. The Balaban J connectivity index is 1.97. The predicted molar refractivity (Wildman–Crippen MR) is 79.8 cm³/mol. The Morgan fingerprint density at radius 2 is 2.40 bits per heavy atom. The van der Waals surface area contributed by atoms with Crippen molar-refractivity contribution in [3.8, 4) is 0 Å². The average Bonchev–Trinajstić information content (AvgIpc) is 2.84. The molecule has 1 atom stereocenters. The minimum Gasteiger partial charge on any atom is -0.397 e. The maximum absolute atomic E-state index is 12.7. The molecule has 2 aromatic rings. The fourth-order valence-corrected chi connectivity index (χ4v) is 3.72. The van der Waals surface area contributed by atoms with Gasteiger partial charge in [-0.15, -0.1) is 11.3 Å². The van der Waals surface area contributed by atoms with E-state index < -0.39 is 0 Å². The molecular formula is C14H17N3O2S. The third kappa shape index (κ3) is 2.14. The van der Waals surface area contributed by atoms with Crippen molar-refractivity contribution in [1.82, 2.24) is 9.88 Å². The number of hydrogen-bond donors (Lipinski definition) is 2. The Morgan fingerprint density at radius 1 is 1.55 bits per heavy atom. The van der Waals surface area contributed by atoms with Gasteiger partial charge in [0, 0.05) is 18.1 Å². The molecule has 20 heavy (non-hydrogen) atoms. The topological polar surface area (TPSA) is 79.5 Å². The number of nitrogen functional groups attached to an aromatic ring is 1. The van der Waals surface area contributed by atoms with Crippen molar-refractivity contribution in [2.45, 2.75) is 25.3 Å². The summed E-state index contributed by atoms with van der Waals surface area (Å²) in [5, 5.41) is 10.3. The van der Waals surface area contributed by atoms with Crippen molar-refractivity contribution in [2.75, 3.05) is 18.9 Å². The van der Waals surface area contributed by atoms with Crippen LogP contribution in [0.25, 0.3) is 10.2 Å². The lowest BCUT2D eigenvalue weighted by atomic mass is 10.0. The molecule has 3 N–H and O–H groups in total. The number of rotatable bonds is 2. The first-order chi connectivity index (χ1) is 9.72. The molecule has 0 aliphatic carbocycles. The van der Waals surface area contributed by atoms with Crippen LogP contribution in [0.2, 0.25) is 0 Å². The Kier molecular flexibility index (Phi) is 3.58. The zero-order valence-electron chi connectivity index (χ0n) is 11.1. The minimum atomic E-state index is -0.0891. The van der Waals surface area contributed by atoms with E-state index in [1.165, 1.54) is 11.3 Å². The van der Waals surface area contributed by atoms with Gasteiger partial charge in [0.05, 0.1) is 18.3 Å². The SMILES string of the molecule is Nc1c(C(=O)N2CCCCC2CO)sc2ncccc12. The van der Waals surface area contributed by atoms with E-state index in [1.807, 2.05) is 12.1 Å². The van der Waals surface area contributed by atoms with Crippen LogP contribution in [0.3, 0.4) is 0 Å². The number of nitrogens with zero attached hydrogens (tertiary/aromatic N) is 2. The number of hydrogen-bond acceptors (Lipinski definition) is 5. The fourth-order valence-electron chi connectivity index (χ4n) is 2.70. The second-order valence-electron chi connectivity index (χ2n) is 5.03. The largest absolute Gasteiger partial charge is 0.397 e. The van der Waals surface area contributed by atoms with Crippen molar-refractivity contribution >= 4 is 33.1 Å². The van der Waals surface area contributed by atoms with Crippen LogP contribution in [0.15, 0.2) is 18.3 Å². The second kappa shape index (κ2) is 5.38. The van der Waals surface area contributed by atoms with E-state index in [-0.39, 0.29) is 18.6 Å². The standard InChI is InChI=1S/C14H17N3O2S/c15-11-10-5-3-6-16-13(10)20-12(11)14(19)17-7-2-1-4-9(17)8-18/h3,5-6,9,18H,1-2,4,7-8,15H2. The van der Waals surface area contributed by atoms with Crippen molar-refractivity contribution in [3.63, 3.8) is 0 Å². The number of fused-ring (bicyclic) bond motifs is 1. The van der Waals surface area contributed by atoms with E-state index in [0.29, 0.717) is 17.1 Å². The number of carbonyl (C=O) groups excluding carboxylic acids is 1. The molecule has 6 heteroatoms. The summed E-state index contributed by atoms with van der Waals surface area (Å²) >= 11 is 1.33. The summed E-state index contributed by atoms with van der Waals surface area (Å²) in [6.07, 6.45) is 4.58. The molecule has 1 unspecified atom stereocenters. The minimum absolute atomic E-state index is 0.00872. The van der Waals surface area contributed by atoms with Crippen molar-refractivity contribution < 1.29 is 9.90 Å². The summed E-state index contributed by atoms with van der Waals surface area (Å²) in [6, 6.07) is 3.61. The van der Waals surface area contributed by atoms with Gasteiger partial charge in [-0.1, -0.05) is 0 Å². The number of thiophene rings is 1. The number of piperidine rings is 1. The molecule has 2 aromatic heterocycles. The fraction of sp³-hybridized carbons (Fsp3) is 0.429. The highest BCUT2D eigenvalue weighted by Crippen LogP contribution is 2.34. The molecule has 1 aliphatic rings. The summed E-state index contributed by atoms with van der Waals surface area (Å²) in [7, 11) is 0. The smallest absolute Gasteiger partial charge is 0.266 e. The van der Waals surface area contributed by atoms with E-state index >= 15 is 0 Å². The maximum atomic E-state index is 12.7. The van der Waals surface area contributed by atoms with Gasteiger partial charge in [0.25, 0.3) is 5.91 Å². The van der Waals surface area contributed by atoms with Crippen molar-refractivity contribution in [1.29, 1.82) is 0 Å². The normalized spacial score (nSPS) is 19.4. The van der Waals surface area contributed by atoms with Crippen molar-refractivity contribution in [3.05, 3.63) is 23.2 Å². The monoisotopic (exact) mass is 291 g/mol. The van der Waals surface area contributed by atoms with E-state index in [4.69, 9.17) is 5.73 Å². The van der Waals surface area contributed by atoms with Gasteiger partial charge in [-0.2, -0.15) is 0 Å². The quantitative estimate of drug-likeness (QED) is 0.885. The zero-order chi connectivity index (χ0) is 14.1. The van der Waals surface area contributed by atoms with E-state index in [0.717, 1.165) is 29.5 Å². The Labute approximate surface area is 121 Å². The first-order valence-corrected chi connectivity index (χ1v) is 7.59. The second-order valence-corrected chi connectivity index (χ2v) is 6.03. The number of aliphatic hydroxyl groups is 1. The van der Waals surface area contributed by atoms with Gasteiger partial charge < -0.3 is 15.7 Å². The average molecular weight is 291 g/mol. The number of amides is 1. The van der Waals surface area contributed by atoms with Crippen LogP contribution in [-0.4, -0.2) is 40.1 Å². The molecule has 5 nitrogen and oxygen atoms in total. The van der Waals surface area contributed by atoms with Crippen LogP contribution in [0.1, 0.15) is 28.9 Å². The third-order valence-electron chi connectivity index (χ3n) is 3.80. The number of pyridine rings is 1. The molecule has 0 saturated carbocycles. The molecule has 0 bridgehead atoms. The number of aliphatic hydroxyl groups excluding tert-OH is 1. The predicted octanol–water partition coefficient (Wildman–Crippen LogP) is 1.87. The lowest BCUT2D eigenvalue weighted by Crippen LogP contribution is -2.45. The number of aromatic nitrogens is 1. The first-order valence-electron chi connectivity index (χ1n) is 6.77. The molecule has 3 heterocycles. The summed E-state index contributed by atoms with van der Waals surface area (Å²) < 4.78 is 0. The highest BCUT2D eigenvalue weighted by molar-refractivity contribution is 7.21. The van der Waals surface area contributed by atoms with Gasteiger partial charge in [0.15, 0.2) is 0 Å². The van der Waals surface area contributed by atoms with Gasteiger partial charge in [-0.25, -0.2) is 4.98 Å². The molecule has 106 valence electrons. The van der Waals surface area contributed by atoms with Gasteiger partial charge in [-0.3, -0.25) is 4.79 Å². The molecule has 3 rings (SSSR count).